The van der Waals surface area contributed by atoms with E-state index in [0.29, 0.717) is 6.54 Å². The van der Waals surface area contributed by atoms with Gasteiger partial charge < -0.3 is 5.73 Å². The van der Waals surface area contributed by atoms with Gasteiger partial charge in [0.05, 0.1) is 0 Å². The minimum absolute atomic E-state index is 0. The molecule has 54 valence electrons. The quantitative estimate of drug-likeness (QED) is 0.777. The SMILES string of the molecule is Cc1c[c-]cc(CN)c1.[W]. The summed E-state index contributed by atoms with van der Waals surface area (Å²) in [6, 6.07) is 8.92. The van der Waals surface area contributed by atoms with Crippen LogP contribution in [0.15, 0.2) is 18.2 Å². The average Bonchev–Trinajstić information content (AvgIpc) is 1.88. The van der Waals surface area contributed by atoms with Gasteiger partial charge in [-0.3, -0.25) is 0 Å². The van der Waals surface area contributed by atoms with Gasteiger partial charge in [0.1, 0.15) is 0 Å². The summed E-state index contributed by atoms with van der Waals surface area (Å²) in [5.41, 5.74) is 7.77. The Morgan fingerprint density at radius 1 is 1.50 bits per heavy atom. The Bertz CT molecular complexity index is 198. The molecule has 1 nitrogen and oxygen atoms in total. The largest absolute Gasteiger partial charge is 0.337 e. The average molecular weight is 304 g/mol. The number of hydrogen-bond acceptors (Lipinski definition) is 1. The summed E-state index contributed by atoms with van der Waals surface area (Å²) in [5.74, 6) is 0. The van der Waals surface area contributed by atoms with Crippen LogP contribution in [0.3, 0.4) is 0 Å². The Balaban J connectivity index is 0.000000810. The predicted octanol–water partition coefficient (Wildman–Crippen LogP) is 1.25. The Morgan fingerprint density at radius 2 is 2.20 bits per heavy atom. The molecule has 0 fully saturated rings. The molecule has 1 aromatic carbocycles. The van der Waals surface area contributed by atoms with Crippen LogP contribution in [0.2, 0.25) is 0 Å². The van der Waals surface area contributed by atoms with Crippen molar-refractivity contribution in [2.24, 2.45) is 5.73 Å². The van der Waals surface area contributed by atoms with Crippen LogP contribution in [0.25, 0.3) is 0 Å². The molecule has 0 spiro atoms. The van der Waals surface area contributed by atoms with Crippen LogP contribution >= 0.6 is 0 Å². The van der Waals surface area contributed by atoms with Crippen LogP contribution in [0.4, 0.5) is 0 Å². The van der Waals surface area contributed by atoms with E-state index in [9.17, 15) is 0 Å². The zero-order chi connectivity index (χ0) is 6.69. The molecule has 0 aromatic heterocycles. The third-order valence-corrected chi connectivity index (χ3v) is 1.23. The first-order valence-electron chi connectivity index (χ1n) is 2.99. The van der Waals surface area contributed by atoms with Crippen LogP contribution < -0.4 is 5.73 Å². The van der Waals surface area contributed by atoms with Gasteiger partial charge in [-0.15, -0.1) is 5.56 Å². The molecule has 0 unspecified atom stereocenters. The van der Waals surface area contributed by atoms with E-state index in [2.05, 4.69) is 12.1 Å². The fourth-order valence-electron chi connectivity index (χ4n) is 0.774. The molecular formula is C8H10NW-. The molecule has 0 atom stereocenters. The van der Waals surface area contributed by atoms with Gasteiger partial charge in [0.15, 0.2) is 0 Å². The molecule has 0 heterocycles. The number of nitrogens with two attached hydrogens (primary N) is 1. The van der Waals surface area contributed by atoms with Crippen molar-refractivity contribution in [1.29, 1.82) is 0 Å². The van der Waals surface area contributed by atoms with E-state index >= 15 is 0 Å². The summed E-state index contributed by atoms with van der Waals surface area (Å²) < 4.78 is 0. The number of benzene rings is 1. The molecule has 0 aliphatic rings. The number of aryl methyl sites for hydroxylation is 1. The molecule has 2 heteroatoms. The van der Waals surface area contributed by atoms with E-state index in [1.54, 1.807) is 0 Å². The monoisotopic (exact) mass is 304 g/mol. The van der Waals surface area contributed by atoms with Gasteiger partial charge in [-0.1, -0.05) is 6.92 Å². The van der Waals surface area contributed by atoms with Crippen LogP contribution in [-0.2, 0) is 27.6 Å². The Labute approximate surface area is 75.9 Å². The smallest absolute Gasteiger partial charge is 0 e. The zero-order valence-electron chi connectivity index (χ0n) is 5.92. The van der Waals surface area contributed by atoms with E-state index in [0.717, 1.165) is 5.56 Å². The first-order chi connectivity index (χ1) is 4.33. The maximum absolute atomic E-state index is 5.40. The number of rotatable bonds is 1. The topological polar surface area (TPSA) is 26.0 Å². The summed E-state index contributed by atoms with van der Waals surface area (Å²) in [5, 5.41) is 0. The van der Waals surface area contributed by atoms with Gasteiger partial charge in [0, 0.05) is 21.1 Å². The van der Waals surface area contributed by atoms with E-state index in [-0.39, 0.29) is 21.1 Å². The van der Waals surface area contributed by atoms with E-state index in [1.807, 2.05) is 19.1 Å². The Hall–Kier alpha value is -0.132. The van der Waals surface area contributed by atoms with Crippen molar-refractivity contribution in [2.75, 3.05) is 0 Å². The minimum atomic E-state index is 0. The third-order valence-electron chi connectivity index (χ3n) is 1.23. The van der Waals surface area contributed by atoms with Gasteiger partial charge in [-0.2, -0.15) is 29.8 Å². The van der Waals surface area contributed by atoms with E-state index < -0.39 is 0 Å². The molecule has 1 aromatic rings. The third kappa shape index (κ3) is 2.64. The molecule has 0 radical (unpaired) electrons. The van der Waals surface area contributed by atoms with Crippen LogP contribution in [0.1, 0.15) is 11.1 Å². The van der Waals surface area contributed by atoms with Gasteiger partial charge in [-0.25, -0.2) is 0 Å². The molecule has 0 aliphatic heterocycles. The zero-order valence-corrected chi connectivity index (χ0v) is 8.86. The van der Waals surface area contributed by atoms with Crippen LogP contribution in [-0.4, -0.2) is 0 Å². The normalized spacial score (nSPS) is 8.60. The molecule has 1 rings (SSSR count). The first kappa shape index (κ1) is 9.87. The van der Waals surface area contributed by atoms with E-state index in [1.165, 1.54) is 5.56 Å². The Morgan fingerprint density at radius 3 is 2.60 bits per heavy atom. The molecule has 0 saturated carbocycles. The van der Waals surface area contributed by atoms with Crippen molar-refractivity contribution >= 4 is 0 Å². The summed E-state index contributed by atoms with van der Waals surface area (Å²) in [7, 11) is 0. The van der Waals surface area contributed by atoms with Gasteiger partial charge in [0.2, 0.25) is 0 Å². The molecule has 2 N–H and O–H groups in total. The van der Waals surface area contributed by atoms with Crippen LogP contribution in [0, 0.1) is 13.0 Å². The molecular weight excluding hydrogens is 294 g/mol. The standard InChI is InChI=1S/C8H10N.W/c1-7-3-2-4-8(5-7)6-9;/h3-5H,6,9H2,1H3;/q-1;. The molecule has 10 heavy (non-hydrogen) atoms. The predicted molar refractivity (Wildman–Crippen MR) is 37.9 cm³/mol. The molecule has 0 aliphatic carbocycles. The second-order valence-electron chi connectivity index (χ2n) is 2.12. The van der Waals surface area contributed by atoms with Gasteiger partial charge >= 0.3 is 0 Å². The minimum Gasteiger partial charge on any atom is -0.337 e. The fraction of sp³-hybridized carbons (Fsp3) is 0.250. The van der Waals surface area contributed by atoms with Crippen LogP contribution in [0.5, 0.6) is 0 Å². The maximum atomic E-state index is 5.40. The van der Waals surface area contributed by atoms with E-state index in [4.69, 9.17) is 5.73 Å². The van der Waals surface area contributed by atoms with Crippen molar-refractivity contribution in [1.82, 2.24) is 0 Å². The van der Waals surface area contributed by atoms with Crippen molar-refractivity contribution < 1.29 is 21.1 Å². The first-order valence-corrected chi connectivity index (χ1v) is 2.99. The second-order valence-corrected chi connectivity index (χ2v) is 2.12. The molecule has 0 amide bonds. The molecule has 0 saturated heterocycles. The molecule has 0 bridgehead atoms. The Kier molecular flexibility index (Phi) is 4.59. The fourth-order valence-corrected chi connectivity index (χ4v) is 0.774. The second kappa shape index (κ2) is 4.65. The summed E-state index contributed by atoms with van der Waals surface area (Å²) in [6.45, 7) is 2.65. The maximum Gasteiger partial charge on any atom is 0 e. The summed E-state index contributed by atoms with van der Waals surface area (Å²) in [4.78, 5) is 0. The number of hydrogen-bond donors (Lipinski definition) is 1. The summed E-state index contributed by atoms with van der Waals surface area (Å²) >= 11 is 0. The summed E-state index contributed by atoms with van der Waals surface area (Å²) in [6.07, 6.45) is 0. The van der Waals surface area contributed by atoms with Gasteiger partial charge in [-0.05, 0) is 6.54 Å². The van der Waals surface area contributed by atoms with Crippen molar-refractivity contribution in [3.05, 3.63) is 35.4 Å². The van der Waals surface area contributed by atoms with Gasteiger partial charge in [0.25, 0.3) is 0 Å². The van der Waals surface area contributed by atoms with Crippen molar-refractivity contribution in [2.45, 2.75) is 13.5 Å². The van der Waals surface area contributed by atoms with Crippen molar-refractivity contribution in [3.63, 3.8) is 0 Å². The van der Waals surface area contributed by atoms with Crippen molar-refractivity contribution in [3.8, 4) is 0 Å².